The van der Waals surface area contributed by atoms with Crippen molar-refractivity contribution in [3.8, 4) is 33.4 Å². The maximum Gasteiger partial charge on any atom is 0.159 e. The molecular formula is C46H31NO. The topological polar surface area (TPSA) is 16.4 Å². The lowest BCUT2D eigenvalue weighted by atomic mass is 9.94. The van der Waals surface area contributed by atoms with Crippen LogP contribution in [-0.2, 0) is 0 Å². The Hall–Kier alpha value is -6.38. The maximum absolute atomic E-state index is 6.94. The number of hydrogen-bond donors (Lipinski definition) is 0. The number of benzene rings is 8. The smallest absolute Gasteiger partial charge is 0.159 e. The molecule has 2 nitrogen and oxygen atoms in total. The SMILES string of the molecule is c1ccc(-c2ccc(-c3cc4c5cccc(N(c6ccccc6)c6ccc(-c7ccccc7)cc6)c5oc4c4ccccc34)cc2)cc1. The van der Waals surface area contributed by atoms with Gasteiger partial charge in [0, 0.05) is 27.5 Å². The van der Waals surface area contributed by atoms with E-state index in [1.807, 2.05) is 0 Å². The maximum atomic E-state index is 6.94. The molecule has 0 atom stereocenters. The predicted molar refractivity (Wildman–Crippen MR) is 202 cm³/mol. The van der Waals surface area contributed by atoms with Gasteiger partial charge < -0.3 is 9.32 Å². The van der Waals surface area contributed by atoms with E-state index < -0.39 is 0 Å². The number of nitrogens with zero attached hydrogens (tertiary/aromatic N) is 1. The Morgan fingerprint density at radius 2 is 0.771 bits per heavy atom. The fraction of sp³-hybridized carbons (Fsp3) is 0. The summed E-state index contributed by atoms with van der Waals surface area (Å²) in [4.78, 5) is 2.30. The van der Waals surface area contributed by atoms with Gasteiger partial charge in [-0.05, 0) is 75.2 Å². The average molecular weight is 614 g/mol. The Balaban J connectivity index is 1.22. The number of anilines is 3. The molecule has 0 saturated heterocycles. The number of fused-ring (bicyclic) bond motifs is 5. The second kappa shape index (κ2) is 11.8. The lowest BCUT2D eigenvalue weighted by Crippen LogP contribution is -2.10. The second-order valence-corrected chi connectivity index (χ2v) is 12.1. The van der Waals surface area contributed by atoms with Crippen LogP contribution < -0.4 is 4.90 Å². The summed E-state index contributed by atoms with van der Waals surface area (Å²) in [5, 5.41) is 4.49. The minimum atomic E-state index is 0.866. The first kappa shape index (κ1) is 27.9. The molecule has 0 unspecified atom stereocenters. The molecule has 8 aromatic carbocycles. The van der Waals surface area contributed by atoms with Crippen LogP contribution in [0.3, 0.4) is 0 Å². The molecule has 1 aromatic heterocycles. The Labute approximate surface area is 279 Å². The molecular weight excluding hydrogens is 583 g/mol. The Morgan fingerprint density at radius 3 is 1.42 bits per heavy atom. The number of rotatable bonds is 6. The van der Waals surface area contributed by atoms with Crippen molar-refractivity contribution in [1.82, 2.24) is 0 Å². The van der Waals surface area contributed by atoms with Crippen LogP contribution in [0.1, 0.15) is 0 Å². The van der Waals surface area contributed by atoms with Crippen LogP contribution in [0.25, 0.3) is 66.1 Å². The van der Waals surface area contributed by atoms with Crippen LogP contribution in [-0.4, -0.2) is 0 Å². The molecule has 1 heterocycles. The summed E-state index contributed by atoms with van der Waals surface area (Å²) < 4.78 is 6.94. The highest BCUT2D eigenvalue weighted by Gasteiger charge is 2.21. The van der Waals surface area contributed by atoms with Crippen LogP contribution in [0, 0.1) is 0 Å². The molecule has 9 rings (SSSR count). The predicted octanol–water partition coefficient (Wildman–Crippen LogP) is 13.2. The summed E-state index contributed by atoms with van der Waals surface area (Å²) in [6.45, 7) is 0. The third-order valence-corrected chi connectivity index (χ3v) is 9.27. The van der Waals surface area contributed by atoms with Crippen LogP contribution in [0.5, 0.6) is 0 Å². The van der Waals surface area contributed by atoms with Crippen LogP contribution in [0.2, 0.25) is 0 Å². The minimum absolute atomic E-state index is 0.866. The first-order valence-electron chi connectivity index (χ1n) is 16.4. The van der Waals surface area contributed by atoms with Crippen molar-refractivity contribution in [2.75, 3.05) is 4.90 Å². The Kier molecular flexibility index (Phi) is 6.84. The summed E-state index contributed by atoms with van der Waals surface area (Å²) in [6.07, 6.45) is 0. The highest BCUT2D eigenvalue weighted by Crippen LogP contribution is 2.45. The molecule has 0 N–H and O–H groups in total. The molecule has 0 aliphatic rings. The van der Waals surface area contributed by atoms with E-state index in [0.29, 0.717) is 0 Å². The lowest BCUT2D eigenvalue weighted by Gasteiger charge is -2.25. The summed E-state index contributed by atoms with van der Waals surface area (Å²) in [5.41, 5.74) is 12.1. The molecule has 0 amide bonds. The molecule has 48 heavy (non-hydrogen) atoms. The van der Waals surface area contributed by atoms with Crippen molar-refractivity contribution >= 4 is 49.8 Å². The van der Waals surface area contributed by atoms with Gasteiger partial charge in [-0.3, -0.25) is 0 Å². The molecule has 0 fully saturated rings. The van der Waals surface area contributed by atoms with E-state index in [9.17, 15) is 0 Å². The Bertz CT molecular complexity index is 2520. The number of furan rings is 1. The van der Waals surface area contributed by atoms with Gasteiger partial charge in [0.25, 0.3) is 0 Å². The van der Waals surface area contributed by atoms with Crippen molar-refractivity contribution in [3.63, 3.8) is 0 Å². The van der Waals surface area contributed by atoms with E-state index in [2.05, 4.69) is 193 Å². The van der Waals surface area contributed by atoms with E-state index in [1.54, 1.807) is 0 Å². The van der Waals surface area contributed by atoms with Crippen LogP contribution in [0.15, 0.2) is 192 Å². The number of para-hydroxylation sites is 2. The van der Waals surface area contributed by atoms with Gasteiger partial charge in [-0.1, -0.05) is 152 Å². The van der Waals surface area contributed by atoms with Crippen LogP contribution in [0.4, 0.5) is 17.1 Å². The average Bonchev–Trinajstić information content (AvgIpc) is 3.56. The number of hydrogen-bond acceptors (Lipinski definition) is 2. The first-order valence-corrected chi connectivity index (χ1v) is 16.4. The second-order valence-electron chi connectivity index (χ2n) is 12.1. The molecule has 2 heteroatoms. The quantitative estimate of drug-likeness (QED) is 0.185. The zero-order valence-corrected chi connectivity index (χ0v) is 26.3. The molecule has 0 aliphatic carbocycles. The van der Waals surface area contributed by atoms with Crippen molar-refractivity contribution in [2.24, 2.45) is 0 Å². The highest BCUT2D eigenvalue weighted by atomic mass is 16.3. The molecule has 0 radical (unpaired) electrons. The highest BCUT2D eigenvalue weighted by molar-refractivity contribution is 6.21. The van der Waals surface area contributed by atoms with Crippen LogP contribution >= 0.6 is 0 Å². The van der Waals surface area contributed by atoms with Crippen molar-refractivity contribution in [2.45, 2.75) is 0 Å². The van der Waals surface area contributed by atoms with E-state index in [1.165, 1.54) is 38.8 Å². The zero-order chi connectivity index (χ0) is 31.9. The van der Waals surface area contributed by atoms with Gasteiger partial charge in [0.15, 0.2) is 5.58 Å². The fourth-order valence-electron chi connectivity index (χ4n) is 6.93. The monoisotopic (exact) mass is 613 g/mol. The molecule has 0 saturated carbocycles. The largest absolute Gasteiger partial charge is 0.453 e. The van der Waals surface area contributed by atoms with Crippen molar-refractivity contribution in [1.29, 1.82) is 0 Å². The summed E-state index contributed by atoms with van der Waals surface area (Å²) >= 11 is 0. The molecule has 226 valence electrons. The first-order chi connectivity index (χ1) is 23.8. The lowest BCUT2D eigenvalue weighted by molar-refractivity contribution is 0.673. The molecule has 0 spiro atoms. The van der Waals surface area contributed by atoms with Crippen molar-refractivity contribution in [3.05, 3.63) is 188 Å². The van der Waals surface area contributed by atoms with Gasteiger partial charge in [-0.15, -0.1) is 0 Å². The van der Waals surface area contributed by atoms with Gasteiger partial charge in [0.05, 0.1) is 5.69 Å². The van der Waals surface area contributed by atoms with Gasteiger partial charge in [-0.25, -0.2) is 0 Å². The molecule has 0 bridgehead atoms. The van der Waals surface area contributed by atoms with E-state index in [0.717, 1.165) is 44.4 Å². The summed E-state index contributed by atoms with van der Waals surface area (Å²) in [6, 6.07) is 66.7. The van der Waals surface area contributed by atoms with E-state index >= 15 is 0 Å². The minimum Gasteiger partial charge on any atom is -0.453 e. The van der Waals surface area contributed by atoms with E-state index in [4.69, 9.17) is 4.42 Å². The Morgan fingerprint density at radius 1 is 0.312 bits per heavy atom. The third-order valence-electron chi connectivity index (χ3n) is 9.27. The van der Waals surface area contributed by atoms with Gasteiger partial charge in [-0.2, -0.15) is 0 Å². The molecule has 9 aromatic rings. The normalized spacial score (nSPS) is 11.3. The fourth-order valence-corrected chi connectivity index (χ4v) is 6.93. The van der Waals surface area contributed by atoms with Gasteiger partial charge in [0.2, 0.25) is 0 Å². The molecule has 0 aliphatic heterocycles. The summed E-state index contributed by atoms with van der Waals surface area (Å²) in [7, 11) is 0. The van der Waals surface area contributed by atoms with E-state index in [-0.39, 0.29) is 0 Å². The van der Waals surface area contributed by atoms with Gasteiger partial charge >= 0.3 is 0 Å². The standard InChI is InChI=1S/C46H31NO/c1-4-13-32(14-5-1)34-23-25-36(26-24-34)42-31-43-41-21-12-22-44(46(41)48-45(43)40-20-11-10-19-39(40)42)47(37-17-8-3-9-18-37)38-29-27-35(28-30-38)33-15-6-2-7-16-33/h1-31H. The van der Waals surface area contributed by atoms with Crippen molar-refractivity contribution < 1.29 is 4.42 Å². The zero-order valence-electron chi connectivity index (χ0n) is 26.3. The third kappa shape index (κ3) is 4.83. The van der Waals surface area contributed by atoms with Gasteiger partial charge in [0.1, 0.15) is 5.58 Å². The summed E-state index contributed by atoms with van der Waals surface area (Å²) in [5.74, 6) is 0.